The molecule has 1 fully saturated rings. The van der Waals surface area contributed by atoms with Crippen molar-refractivity contribution in [3.8, 4) is 5.75 Å². The normalized spacial score (nSPS) is 14.7. The van der Waals surface area contributed by atoms with Crippen LogP contribution in [-0.4, -0.2) is 61.6 Å². The topological polar surface area (TPSA) is 59.1 Å². The number of hydrogen-bond acceptors (Lipinski definition) is 5. The monoisotopic (exact) mass is 408 g/mol. The van der Waals surface area contributed by atoms with E-state index in [-0.39, 0.29) is 12.5 Å². The maximum atomic E-state index is 12.4. The largest absolute Gasteiger partial charge is 0.496 e. The first-order valence-electron chi connectivity index (χ1n) is 10.1. The fraction of sp³-hybridized carbons (Fsp3) is 0.333. The highest BCUT2D eigenvalue weighted by molar-refractivity contribution is 5.89. The molecule has 1 aliphatic heterocycles. The maximum Gasteiger partial charge on any atom is 0.331 e. The number of rotatable bonds is 7. The summed E-state index contributed by atoms with van der Waals surface area (Å²) in [5, 5.41) is 0. The van der Waals surface area contributed by atoms with Crippen LogP contribution < -0.4 is 4.74 Å². The zero-order chi connectivity index (χ0) is 21.3. The van der Waals surface area contributed by atoms with E-state index in [0.717, 1.165) is 25.2 Å². The van der Waals surface area contributed by atoms with E-state index in [0.29, 0.717) is 18.8 Å². The van der Waals surface area contributed by atoms with Gasteiger partial charge in [0.2, 0.25) is 0 Å². The molecular weight excluding hydrogens is 380 g/mol. The van der Waals surface area contributed by atoms with E-state index in [1.54, 1.807) is 18.1 Å². The number of amides is 1. The Hall–Kier alpha value is -3.12. The van der Waals surface area contributed by atoms with Gasteiger partial charge in [0.25, 0.3) is 5.91 Å². The number of carbonyl (C=O) groups is 2. The van der Waals surface area contributed by atoms with Crippen molar-refractivity contribution >= 4 is 18.0 Å². The molecule has 6 nitrogen and oxygen atoms in total. The average molecular weight is 408 g/mol. The Morgan fingerprint density at radius 2 is 1.80 bits per heavy atom. The molecular formula is C24H28N2O4. The van der Waals surface area contributed by atoms with Gasteiger partial charge < -0.3 is 14.4 Å². The van der Waals surface area contributed by atoms with E-state index in [2.05, 4.69) is 36.1 Å². The summed E-state index contributed by atoms with van der Waals surface area (Å²) in [6, 6.07) is 15.8. The molecule has 0 saturated carbocycles. The van der Waals surface area contributed by atoms with Crippen LogP contribution in [0.25, 0.3) is 6.08 Å². The number of nitrogens with zero attached hydrogens (tertiary/aromatic N) is 2. The van der Waals surface area contributed by atoms with Crippen molar-refractivity contribution < 1.29 is 19.1 Å². The summed E-state index contributed by atoms with van der Waals surface area (Å²) < 4.78 is 10.4. The molecule has 1 saturated heterocycles. The minimum absolute atomic E-state index is 0.163. The number of aryl methyl sites for hydroxylation is 1. The smallest absolute Gasteiger partial charge is 0.331 e. The second-order valence-corrected chi connectivity index (χ2v) is 7.33. The van der Waals surface area contributed by atoms with Crippen LogP contribution in [-0.2, 0) is 20.9 Å². The van der Waals surface area contributed by atoms with Crippen LogP contribution in [0.2, 0.25) is 0 Å². The molecule has 0 bridgehead atoms. The highest BCUT2D eigenvalue weighted by atomic mass is 16.5. The van der Waals surface area contributed by atoms with E-state index < -0.39 is 5.97 Å². The highest BCUT2D eigenvalue weighted by Crippen LogP contribution is 2.18. The molecule has 2 aromatic rings. The third kappa shape index (κ3) is 6.19. The summed E-state index contributed by atoms with van der Waals surface area (Å²) in [5.74, 6) is -0.0438. The van der Waals surface area contributed by atoms with Gasteiger partial charge in [-0.25, -0.2) is 4.79 Å². The van der Waals surface area contributed by atoms with Crippen LogP contribution >= 0.6 is 0 Å². The third-order valence-electron chi connectivity index (χ3n) is 5.09. The van der Waals surface area contributed by atoms with E-state index in [4.69, 9.17) is 9.47 Å². The Kier molecular flexibility index (Phi) is 7.63. The molecule has 0 atom stereocenters. The first-order valence-corrected chi connectivity index (χ1v) is 10.1. The van der Waals surface area contributed by atoms with Gasteiger partial charge in [0.1, 0.15) is 5.75 Å². The van der Waals surface area contributed by atoms with Crippen molar-refractivity contribution in [3.05, 3.63) is 71.3 Å². The van der Waals surface area contributed by atoms with Crippen molar-refractivity contribution in [2.75, 3.05) is 39.9 Å². The minimum Gasteiger partial charge on any atom is -0.496 e. The quantitative estimate of drug-likeness (QED) is 0.521. The fourth-order valence-electron chi connectivity index (χ4n) is 3.46. The molecule has 30 heavy (non-hydrogen) atoms. The molecule has 1 heterocycles. The second-order valence-electron chi connectivity index (χ2n) is 7.33. The number of hydrogen-bond donors (Lipinski definition) is 0. The third-order valence-corrected chi connectivity index (χ3v) is 5.09. The Labute approximate surface area is 177 Å². The molecule has 0 N–H and O–H groups in total. The van der Waals surface area contributed by atoms with Gasteiger partial charge in [0.15, 0.2) is 6.61 Å². The first-order chi connectivity index (χ1) is 14.5. The Morgan fingerprint density at radius 1 is 1.03 bits per heavy atom. The van der Waals surface area contributed by atoms with E-state index in [1.165, 1.54) is 17.2 Å². The molecule has 2 aromatic carbocycles. The fourth-order valence-corrected chi connectivity index (χ4v) is 3.46. The van der Waals surface area contributed by atoms with Gasteiger partial charge in [0.05, 0.1) is 7.11 Å². The predicted molar refractivity (Wildman–Crippen MR) is 116 cm³/mol. The van der Waals surface area contributed by atoms with Crippen molar-refractivity contribution in [1.82, 2.24) is 9.80 Å². The van der Waals surface area contributed by atoms with Gasteiger partial charge in [-0.3, -0.25) is 9.69 Å². The lowest BCUT2D eigenvalue weighted by atomic mass is 10.1. The lowest BCUT2D eigenvalue weighted by Gasteiger charge is -2.34. The lowest BCUT2D eigenvalue weighted by Crippen LogP contribution is -2.49. The second kappa shape index (κ2) is 10.6. The number of methoxy groups -OCH3 is 1. The van der Waals surface area contributed by atoms with Gasteiger partial charge in [-0.1, -0.05) is 48.0 Å². The Morgan fingerprint density at radius 3 is 2.53 bits per heavy atom. The first kappa shape index (κ1) is 21.6. The SMILES string of the molecule is COc1ccccc1/C=C/C(=O)OCC(=O)N1CCN(Cc2cccc(C)c2)CC1. The number of esters is 1. The summed E-state index contributed by atoms with van der Waals surface area (Å²) in [7, 11) is 1.57. The van der Waals surface area contributed by atoms with Crippen LogP contribution in [0.3, 0.4) is 0 Å². The standard InChI is InChI=1S/C24H28N2O4/c1-19-6-5-7-20(16-19)17-25-12-14-26(15-13-25)23(27)18-30-24(28)11-10-21-8-3-4-9-22(21)29-2/h3-11,16H,12-15,17-18H2,1-2H3/b11-10+. The van der Waals surface area contributed by atoms with Gasteiger partial charge in [-0.05, 0) is 24.6 Å². The van der Waals surface area contributed by atoms with E-state index in [1.807, 2.05) is 24.3 Å². The highest BCUT2D eigenvalue weighted by Gasteiger charge is 2.21. The number of benzene rings is 2. The summed E-state index contributed by atoms with van der Waals surface area (Å²) in [6.07, 6.45) is 2.93. The molecule has 6 heteroatoms. The average Bonchev–Trinajstić information content (AvgIpc) is 2.76. The molecule has 1 aliphatic rings. The van der Waals surface area contributed by atoms with Crippen molar-refractivity contribution in [2.24, 2.45) is 0 Å². The number of piperazine rings is 1. The molecule has 0 aliphatic carbocycles. The maximum absolute atomic E-state index is 12.4. The van der Waals surface area contributed by atoms with Crippen molar-refractivity contribution in [1.29, 1.82) is 0 Å². The van der Waals surface area contributed by atoms with Crippen LogP contribution in [0.15, 0.2) is 54.6 Å². The predicted octanol–water partition coefficient (Wildman–Crippen LogP) is 2.90. The summed E-state index contributed by atoms with van der Waals surface area (Å²) in [4.78, 5) is 28.4. The molecule has 0 spiro atoms. The molecule has 0 aromatic heterocycles. The Bertz CT molecular complexity index is 902. The molecule has 3 rings (SSSR count). The minimum atomic E-state index is -0.549. The van der Waals surface area contributed by atoms with Crippen molar-refractivity contribution in [2.45, 2.75) is 13.5 Å². The van der Waals surface area contributed by atoms with Crippen LogP contribution in [0.1, 0.15) is 16.7 Å². The molecule has 0 radical (unpaired) electrons. The summed E-state index contributed by atoms with van der Waals surface area (Å²) >= 11 is 0. The Balaban J connectivity index is 1.41. The zero-order valence-electron chi connectivity index (χ0n) is 17.5. The lowest BCUT2D eigenvalue weighted by molar-refractivity contribution is -0.149. The van der Waals surface area contributed by atoms with Crippen LogP contribution in [0.4, 0.5) is 0 Å². The molecule has 0 unspecified atom stereocenters. The number of para-hydroxylation sites is 1. The number of ether oxygens (including phenoxy) is 2. The van der Waals surface area contributed by atoms with Gasteiger partial charge in [-0.2, -0.15) is 0 Å². The van der Waals surface area contributed by atoms with Gasteiger partial charge in [-0.15, -0.1) is 0 Å². The van der Waals surface area contributed by atoms with Crippen LogP contribution in [0.5, 0.6) is 5.75 Å². The van der Waals surface area contributed by atoms with Gasteiger partial charge >= 0.3 is 5.97 Å². The molecule has 158 valence electrons. The summed E-state index contributed by atoms with van der Waals surface area (Å²) in [5.41, 5.74) is 3.31. The van der Waals surface area contributed by atoms with E-state index >= 15 is 0 Å². The zero-order valence-corrected chi connectivity index (χ0v) is 17.5. The number of carbonyl (C=O) groups excluding carboxylic acids is 2. The molecule has 1 amide bonds. The summed E-state index contributed by atoms with van der Waals surface area (Å²) in [6.45, 7) is 5.62. The van der Waals surface area contributed by atoms with E-state index in [9.17, 15) is 9.59 Å². The van der Waals surface area contributed by atoms with Gasteiger partial charge in [0, 0.05) is 44.4 Å². The van der Waals surface area contributed by atoms with Crippen molar-refractivity contribution in [3.63, 3.8) is 0 Å². The van der Waals surface area contributed by atoms with Crippen LogP contribution in [0, 0.1) is 6.92 Å².